The van der Waals surface area contributed by atoms with E-state index in [9.17, 15) is 0 Å². The molecule has 18 heavy (non-hydrogen) atoms. The van der Waals surface area contributed by atoms with Gasteiger partial charge in [0, 0.05) is 17.7 Å². The zero-order valence-electron chi connectivity index (χ0n) is 10.7. The Bertz CT molecular complexity index is 347. The molecule has 0 amide bonds. The molecule has 102 valence electrons. The van der Waals surface area contributed by atoms with Crippen LogP contribution in [-0.2, 0) is 15.9 Å². The molecule has 2 N–H and O–H groups in total. The second-order valence-electron chi connectivity index (χ2n) is 3.71. The molecule has 1 aromatic carbocycles. The predicted molar refractivity (Wildman–Crippen MR) is 72.4 cm³/mol. The van der Waals surface area contributed by atoms with Gasteiger partial charge in [-0.25, -0.2) is 0 Å². The summed E-state index contributed by atoms with van der Waals surface area (Å²) >= 11 is 6.11. The number of ether oxygens (including phenoxy) is 3. The summed E-state index contributed by atoms with van der Waals surface area (Å²) < 4.78 is 15.8. The van der Waals surface area contributed by atoms with Crippen LogP contribution in [0.1, 0.15) is 5.56 Å². The topological polar surface area (TPSA) is 53.7 Å². The first-order chi connectivity index (χ1) is 8.79. The van der Waals surface area contributed by atoms with Gasteiger partial charge < -0.3 is 19.9 Å². The van der Waals surface area contributed by atoms with Crippen molar-refractivity contribution >= 4 is 11.6 Å². The molecule has 1 rings (SSSR count). The minimum absolute atomic E-state index is 0.488. The van der Waals surface area contributed by atoms with Gasteiger partial charge in [-0.05, 0) is 25.1 Å². The fourth-order valence-electron chi connectivity index (χ4n) is 1.52. The van der Waals surface area contributed by atoms with Crippen LogP contribution in [0.3, 0.4) is 0 Å². The molecular formula is C13H20ClNO3. The van der Waals surface area contributed by atoms with Crippen molar-refractivity contribution in [1.82, 2.24) is 0 Å². The fraction of sp³-hybridized carbons (Fsp3) is 0.538. The molecule has 0 spiro atoms. The Morgan fingerprint density at radius 3 is 2.67 bits per heavy atom. The average molecular weight is 274 g/mol. The maximum atomic E-state index is 6.11. The zero-order valence-corrected chi connectivity index (χ0v) is 11.4. The van der Waals surface area contributed by atoms with Gasteiger partial charge in [-0.2, -0.15) is 0 Å². The lowest BCUT2D eigenvalue weighted by Gasteiger charge is -2.12. The van der Waals surface area contributed by atoms with Crippen molar-refractivity contribution in [3.8, 4) is 5.75 Å². The summed E-state index contributed by atoms with van der Waals surface area (Å²) in [5, 5.41) is 0.693. The molecular weight excluding hydrogens is 254 g/mol. The highest BCUT2D eigenvalue weighted by atomic mass is 35.5. The van der Waals surface area contributed by atoms with Crippen molar-refractivity contribution in [2.24, 2.45) is 5.73 Å². The Morgan fingerprint density at radius 2 is 1.94 bits per heavy atom. The smallest absolute Gasteiger partial charge is 0.124 e. The molecule has 0 unspecified atom stereocenters. The SMILES string of the molecule is COCCOCCOc1cccc(Cl)c1CCN. The maximum absolute atomic E-state index is 6.11. The van der Waals surface area contributed by atoms with Crippen LogP contribution in [0.5, 0.6) is 5.75 Å². The van der Waals surface area contributed by atoms with Crippen LogP contribution in [0.2, 0.25) is 5.02 Å². The molecule has 0 saturated carbocycles. The van der Waals surface area contributed by atoms with Gasteiger partial charge in [-0.1, -0.05) is 17.7 Å². The second-order valence-corrected chi connectivity index (χ2v) is 4.12. The van der Waals surface area contributed by atoms with Crippen molar-refractivity contribution < 1.29 is 14.2 Å². The summed E-state index contributed by atoms with van der Waals surface area (Å²) in [4.78, 5) is 0. The Kier molecular flexibility index (Phi) is 7.76. The molecule has 0 atom stereocenters. The Morgan fingerprint density at radius 1 is 1.17 bits per heavy atom. The number of hydrogen-bond acceptors (Lipinski definition) is 4. The third-order valence-electron chi connectivity index (χ3n) is 2.39. The van der Waals surface area contributed by atoms with E-state index in [4.69, 9.17) is 31.5 Å². The lowest BCUT2D eigenvalue weighted by Crippen LogP contribution is -2.12. The summed E-state index contributed by atoms with van der Waals surface area (Å²) in [6, 6.07) is 5.60. The van der Waals surface area contributed by atoms with Crippen LogP contribution in [0, 0.1) is 0 Å². The normalized spacial score (nSPS) is 10.6. The van der Waals surface area contributed by atoms with Crippen LogP contribution >= 0.6 is 11.6 Å². The molecule has 0 saturated heterocycles. The molecule has 0 aliphatic rings. The Balaban J connectivity index is 2.39. The highest BCUT2D eigenvalue weighted by Gasteiger charge is 2.07. The molecule has 0 bridgehead atoms. The summed E-state index contributed by atoms with van der Waals surface area (Å²) in [7, 11) is 1.64. The monoisotopic (exact) mass is 273 g/mol. The largest absolute Gasteiger partial charge is 0.491 e. The molecule has 0 heterocycles. The number of methoxy groups -OCH3 is 1. The van der Waals surface area contributed by atoms with E-state index in [1.54, 1.807) is 7.11 Å². The summed E-state index contributed by atoms with van der Waals surface area (Å²) in [6.07, 6.45) is 0.708. The Labute approximate surface area is 113 Å². The first-order valence-corrected chi connectivity index (χ1v) is 6.34. The molecule has 0 fully saturated rings. The molecule has 0 aromatic heterocycles. The van der Waals surface area contributed by atoms with Gasteiger partial charge in [0.15, 0.2) is 0 Å². The minimum Gasteiger partial charge on any atom is -0.491 e. The van der Waals surface area contributed by atoms with Crippen molar-refractivity contribution in [2.75, 3.05) is 40.1 Å². The number of rotatable bonds is 9. The van der Waals surface area contributed by atoms with Gasteiger partial charge in [0.25, 0.3) is 0 Å². The van der Waals surface area contributed by atoms with Gasteiger partial charge >= 0.3 is 0 Å². The molecule has 0 aliphatic heterocycles. The standard InChI is InChI=1S/C13H20ClNO3/c1-16-7-8-17-9-10-18-13-4-2-3-12(14)11(13)5-6-15/h2-4H,5-10,15H2,1H3. The maximum Gasteiger partial charge on any atom is 0.124 e. The van der Waals surface area contributed by atoms with E-state index in [-0.39, 0.29) is 0 Å². The van der Waals surface area contributed by atoms with Gasteiger partial charge in [-0.15, -0.1) is 0 Å². The van der Waals surface area contributed by atoms with Gasteiger partial charge in [0.2, 0.25) is 0 Å². The van der Waals surface area contributed by atoms with Gasteiger partial charge in [0.05, 0.1) is 19.8 Å². The summed E-state index contributed by atoms with van der Waals surface area (Å²) in [5.74, 6) is 0.781. The third kappa shape index (κ3) is 5.23. The van der Waals surface area contributed by atoms with Crippen LogP contribution in [-0.4, -0.2) is 40.1 Å². The van der Waals surface area contributed by atoms with E-state index < -0.39 is 0 Å². The summed E-state index contributed by atoms with van der Waals surface area (Å²) in [6.45, 7) is 2.73. The lowest BCUT2D eigenvalue weighted by molar-refractivity contribution is 0.0543. The minimum atomic E-state index is 0.488. The molecule has 0 radical (unpaired) electrons. The van der Waals surface area contributed by atoms with E-state index in [0.29, 0.717) is 44.4 Å². The average Bonchev–Trinajstić information content (AvgIpc) is 2.37. The molecule has 1 aromatic rings. The number of benzene rings is 1. The molecule has 0 aliphatic carbocycles. The van der Waals surface area contributed by atoms with Crippen LogP contribution in [0.4, 0.5) is 0 Å². The molecule has 5 heteroatoms. The first kappa shape index (κ1) is 15.2. The van der Waals surface area contributed by atoms with Crippen LogP contribution < -0.4 is 10.5 Å². The second kappa shape index (κ2) is 9.16. The number of halogens is 1. The number of hydrogen-bond donors (Lipinski definition) is 1. The van der Waals surface area contributed by atoms with Crippen molar-refractivity contribution in [3.63, 3.8) is 0 Å². The third-order valence-corrected chi connectivity index (χ3v) is 2.74. The lowest BCUT2D eigenvalue weighted by atomic mass is 10.1. The zero-order chi connectivity index (χ0) is 13.2. The van der Waals surface area contributed by atoms with E-state index in [0.717, 1.165) is 11.3 Å². The van der Waals surface area contributed by atoms with Gasteiger partial charge in [0.1, 0.15) is 12.4 Å². The first-order valence-electron chi connectivity index (χ1n) is 5.96. The molecule has 4 nitrogen and oxygen atoms in total. The Hall–Kier alpha value is -0.810. The van der Waals surface area contributed by atoms with Crippen molar-refractivity contribution in [3.05, 3.63) is 28.8 Å². The van der Waals surface area contributed by atoms with E-state index in [2.05, 4.69) is 0 Å². The highest BCUT2D eigenvalue weighted by molar-refractivity contribution is 6.31. The summed E-state index contributed by atoms with van der Waals surface area (Å²) in [5.41, 5.74) is 6.51. The fourth-order valence-corrected chi connectivity index (χ4v) is 1.78. The van der Waals surface area contributed by atoms with E-state index in [1.807, 2.05) is 18.2 Å². The van der Waals surface area contributed by atoms with E-state index in [1.165, 1.54) is 0 Å². The van der Waals surface area contributed by atoms with E-state index >= 15 is 0 Å². The van der Waals surface area contributed by atoms with Crippen molar-refractivity contribution in [2.45, 2.75) is 6.42 Å². The number of nitrogens with two attached hydrogens (primary N) is 1. The van der Waals surface area contributed by atoms with Crippen molar-refractivity contribution in [1.29, 1.82) is 0 Å². The van der Waals surface area contributed by atoms with Crippen LogP contribution in [0.25, 0.3) is 0 Å². The van der Waals surface area contributed by atoms with Gasteiger partial charge in [-0.3, -0.25) is 0 Å². The van der Waals surface area contributed by atoms with Crippen LogP contribution in [0.15, 0.2) is 18.2 Å². The quantitative estimate of drug-likeness (QED) is 0.698. The highest BCUT2D eigenvalue weighted by Crippen LogP contribution is 2.26. The predicted octanol–water partition coefficient (Wildman–Crippen LogP) is 1.88.